The molecule has 6 N–H and O–H groups in total. The molecular weight excluding hydrogens is 470 g/mol. The first-order valence-corrected chi connectivity index (χ1v) is 11.7. The first kappa shape index (κ1) is 24.5. The van der Waals surface area contributed by atoms with Crippen LogP contribution in [0.15, 0.2) is 24.3 Å². The maximum Gasteiger partial charge on any atom is 0.198 e. The summed E-state index contributed by atoms with van der Waals surface area (Å²) < 4.78 is 11.8. The molecule has 1 heterocycles. The summed E-state index contributed by atoms with van der Waals surface area (Å²) >= 11 is 0. The van der Waals surface area contributed by atoms with Gasteiger partial charge in [-0.25, -0.2) is 0 Å². The maximum absolute atomic E-state index is 13.3. The molecule has 2 aliphatic carbocycles. The number of carbonyl (C=O) groups excluding carboxylic acids is 3. The van der Waals surface area contributed by atoms with Crippen LogP contribution in [0.3, 0.4) is 0 Å². The van der Waals surface area contributed by atoms with Crippen molar-refractivity contribution in [3.8, 4) is 11.5 Å². The van der Waals surface area contributed by atoms with E-state index in [0.717, 1.165) is 0 Å². The van der Waals surface area contributed by atoms with E-state index < -0.39 is 71.5 Å². The molecule has 10 heteroatoms. The fourth-order valence-electron chi connectivity index (χ4n) is 5.42. The molecule has 36 heavy (non-hydrogen) atoms. The standard InChI is InChI=1S/C26H27NO9/c1-10-21(29)15(27)7-17(35-10)36-16-9-26(34,11(2)28)8-14-18(16)25(33)20-19(24(14)32)22(30)12-5-3-4-6-13(12)23(20)31/h3-6,10,15-17,21,29,32-34H,7-9,27H2,1-2H3/t10-,15-,16-,17?,21+,26-/m0/s1. The van der Waals surface area contributed by atoms with Crippen molar-refractivity contribution in [2.45, 2.75) is 69.4 Å². The minimum atomic E-state index is -1.97. The second-order valence-corrected chi connectivity index (χ2v) is 9.80. The molecule has 2 aromatic rings. The van der Waals surface area contributed by atoms with Gasteiger partial charge in [-0.1, -0.05) is 24.3 Å². The van der Waals surface area contributed by atoms with E-state index in [1.807, 2.05) is 0 Å². The minimum absolute atomic E-state index is 0.00588. The Morgan fingerprint density at radius 3 is 2.25 bits per heavy atom. The molecule has 0 saturated carbocycles. The quantitative estimate of drug-likeness (QED) is 0.328. The van der Waals surface area contributed by atoms with Crippen LogP contribution >= 0.6 is 0 Å². The largest absolute Gasteiger partial charge is 0.507 e. The summed E-state index contributed by atoms with van der Waals surface area (Å²) in [4.78, 5) is 39.0. The van der Waals surface area contributed by atoms with Crippen molar-refractivity contribution in [1.82, 2.24) is 0 Å². The fraction of sp³-hybridized carbons (Fsp3) is 0.423. The highest BCUT2D eigenvalue weighted by molar-refractivity contribution is 6.30. The van der Waals surface area contributed by atoms with E-state index in [1.165, 1.54) is 19.1 Å². The van der Waals surface area contributed by atoms with Crippen LogP contribution in [-0.4, -0.2) is 67.9 Å². The van der Waals surface area contributed by atoms with E-state index in [4.69, 9.17) is 15.2 Å². The van der Waals surface area contributed by atoms with E-state index in [2.05, 4.69) is 0 Å². The normalized spacial score (nSPS) is 31.4. The summed E-state index contributed by atoms with van der Waals surface area (Å²) in [6.45, 7) is 2.80. The summed E-state index contributed by atoms with van der Waals surface area (Å²) in [5.41, 5.74) is 3.38. The van der Waals surface area contributed by atoms with Gasteiger partial charge in [-0.2, -0.15) is 0 Å². The number of Topliss-reactive ketones (excluding diaryl/α,β-unsaturated/α-hetero) is 1. The zero-order valence-corrected chi connectivity index (χ0v) is 19.7. The van der Waals surface area contributed by atoms with Gasteiger partial charge < -0.3 is 35.6 Å². The summed E-state index contributed by atoms with van der Waals surface area (Å²) in [6, 6.07) is 5.40. The lowest BCUT2D eigenvalue weighted by molar-refractivity contribution is -0.247. The van der Waals surface area contributed by atoms with Gasteiger partial charge in [0.05, 0.1) is 29.4 Å². The highest BCUT2D eigenvalue weighted by Gasteiger charge is 2.49. The molecule has 5 rings (SSSR count). The third kappa shape index (κ3) is 3.56. The Kier molecular flexibility index (Phi) is 5.77. The topological polar surface area (TPSA) is 177 Å². The molecule has 2 aromatic carbocycles. The minimum Gasteiger partial charge on any atom is -0.507 e. The number of rotatable bonds is 3. The molecule has 190 valence electrons. The van der Waals surface area contributed by atoms with Gasteiger partial charge >= 0.3 is 0 Å². The number of ether oxygens (including phenoxy) is 2. The lowest BCUT2D eigenvalue weighted by Crippen LogP contribution is -2.52. The van der Waals surface area contributed by atoms with Crippen molar-refractivity contribution >= 4 is 17.3 Å². The number of hydrogen-bond acceptors (Lipinski definition) is 10. The van der Waals surface area contributed by atoms with Crippen LogP contribution in [-0.2, 0) is 20.7 Å². The molecule has 0 radical (unpaired) electrons. The van der Waals surface area contributed by atoms with Crippen molar-refractivity contribution in [2.24, 2.45) is 5.73 Å². The number of fused-ring (bicyclic) bond motifs is 3. The molecule has 0 amide bonds. The second kappa shape index (κ2) is 8.46. The number of aromatic hydroxyl groups is 2. The predicted molar refractivity (Wildman–Crippen MR) is 124 cm³/mol. The number of aliphatic hydroxyl groups is 2. The number of phenolic OH excluding ortho intramolecular Hbond substituents is 2. The van der Waals surface area contributed by atoms with E-state index in [-0.39, 0.29) is 46.2 Å². The summed E-state index contributed by atoms with van der Waals surface area (Å²) in [5, 5.41) is 43.8. The van der Waals surface area contributed by atoms with Crippen LogP contribution in [0.25, 0.3) is 0 Å². The molecule has 0 bridgehead atoms. The molecule has 3 aliphatic rings. The van der Waals surface area contributed by atoms with Gasteiger partial charge in [-0.05, 0) is 13.8 Å². The maximum atomic E-state index is 13.3. The van der Waals surface area contributed by atoms with Crippen LogP contribution < -0.4 is 5.73 Å². The number of carbonyl (C=O) groups is 3. The van der Waals surface area contributed by atoms with Crippen LogP contribution in [0.1, 0.15) is 75.8 Å². The Balaban J connectivity index is 1.66. The van der Waals surface area contributed by atoms with Crippen molar-refractivity contribution in [2.75, 3.05) is 0 Å². The summed E-state index contributed by atoms with van der Waals surface area (Å²) in [7, 11) is 0. The SMILES string of the molecule is CC(=O)[C@]1(O)Cc2c(O)c3c(c(O)c2[C@@H](OC2C[C@H](N)[C@H](O)[C@H](C)O2)C1)C(=O)c1ccccc1C3=O. The summed E-state index contributed by atoms with van der Waals surface area (Å²) in [5.74, 6) is -3.06. The van der Waals surface area contributed by atoms with Gasteiger partial charge in [0.15, 0.2) is 23.6 Å². The molecule has 6 atom stereocenters. The summed E-state index contributed by atoms with van der Waals surface area (Å²) in [6.07, 6.45) is -4.38. The monoisotopic (exact) mass is 497 g/mol. The van der Waals surface area contributed by atoms with E-state index >= 15 is 0 Å². The molecule has 1 aliphatic heterocycles. The van der Waals surface area contributed by atoms with Gasteiger partial charge in [0.2, 0.25) is 0 Å². The van der Waals surface area contributed by atoms with Crippen LogP contribution in [0.2, 0.25) is 0 Å². The van der Waals surface area contributed by atoms with Crippen molar-refractivity contribution in [3.05, 3.63) is 57.6 Å². The van der Waals surface area contributed by atoms with E-state index in [1.54, 1.807) is 19.1 Å². The highest BCUT2D eigenvalue weighted by Crippen LogP contribution is 2.51. The highest BCUT2D eigenvalue weighted by atomic mass is 16.7. The first-order chi connectivity index (χ1) is 16.9. The van der Waals surface area contributed by atoms with Crippen molar-refractivity contribution in [1.29, 1.82) is 0 Å². The molecule has 1 fully saturated rings. The van der Waals surface area contributed by atoms with E-state index in [9.17, 15) is 34.8 Å². The fourth-order valence-corrected chi connectivity index (χ4v) is 5.42. The Morgan fingerprint density at radius 2 is 1.69 bits per heavy atom. The number of aliphatic hydroxyl groups excluding tert-OH is 1. The second-order valence-electron chi connectivity index (χ2n) is 9.80. The van der Waals surface area contributed by atoms with Gasteiger partial charge in [-0.15, -0.1) is 0 Å². The lowest BCUT2D eigenvalue weighted by Gasteiger charge is -2.42. The first-order valence-electron chi connectivity index (χ1n) is 11.7. The van der Waals surface area contributed by atoms with Crippen molar-refractivity contribution < 1.29 is 44.3 Å². The lowest BCUT2D eigenvalue weighted by atomic mass is 9.72. The van der Waals surface area contributed by atoms with E-state index in [0.29, 0.717) is 0 Å². The average Bonchev–Trinajstić information content (AvgIpc) is 2.82. The Labute approximate surface area is 206 Å². The zero-order chi connectivity index (χ0) is 26.1. The molecule has 10 nitrogen and oxygen atoms in total. The van der Waals surface area contributed by atoms with Gasteiger partial charge in [0.25, 0.3) is 0 Å². The molecule has 1 unspecified atom stereocenters. The average molecular weight is 498 g/mol. The molecular formula is C26H27NO9. The number of hydrogen-bond donors (Lipinski definition) is 5. The smallest absolute Gasteiger partial charge is 0.198 e. The Hall–Kier alpha value is -3.15. The predicted octanol–water partition coefficient (Wildman–Crippen LogP) is 1.02. The Bertz CT molecular complexity index is 1290. The van der Waals surface area contributed by atoms with Gasteiger partial charge in [-0.3, -0.25) is 14.4 Å². The molecule has 0 aromatic heterocycles. The third-order valence-corrected chi connectivity index (χ3v) is 7.50. The van der Waals surface area contributed by atoms with Gasteiger partial charge in [0, 0.05) is 47.6 Å². The number of nitrogens with two attached hydrogens (primary N) is 1. The number of phenols is 2. The molecule has 1 saturated heterocycles. The molecule has 0 spiro atoms. The van der Waals surface area contributed by atoms with Crippen LogP contribution in [0.4, 0.5) is 0 Å². The number of ketones is 3. The Morgan fingerprint density at radius 1 is 1.11 bits per heavy atom. The van der Waals surface area contributed by atoms with Gasteiger partial charge in [0.1, 0.15) is 17.1 Å². The zero-order valence-electron chi connectivity index (χ0n) is 19.7. The third-order valence-electron chi connectivity index (χ3n) is 7.50. The van der Waals surface area contributed by atoms with Crippen molar-refractivity contribution in [3.63, 3.8) is 0 Å². The number of benzene rings is 2. The van der Waals surface area contributed by atoms with Crippen LogP contribution in [0.5, 0.6) is 11.5 Å². The van der Waals surface area contributed by atoms with Crippen LogP contribution in [0, 0.1) is 0 Å².